The Morgan fingerprint density at radius 1 is 1.00 bits per heavy atom. The zero-order valence-corrected chi connectivity index (χ0v) is 12.3. The average molecular weight is 337 g/mol. The Hall–Kier alpha value is -1.45. The summed E-state index contributed by atoms with van der Waals surface area (Å²) >= 11 is 9.21. The van der Waals surface area contributed by atoms with Gasteiger partial charge in [-0.3, -0.25) is 0 Å². The molecule has 2 nitrogen and oxygen atoms in total. The van der Waals surface area contributed by atoms with Crippen LogP contribution >= 0.6 is 27.5 Å². The fraction of sp³-hybridized carbons (Fsp3) is 0.0667. The molecular formula is C15H11BrClNO. The molecule has 0 fully saturated rings. The fourth-order valence-electron chi connectivity index (χ4n) is 1.96. The second-order valence-corrected chi connectivity index (χ2v) is 5.55. The molecule has 0 saturated heterocycles. The molecule has 0 unspecified atom stereocenters. The predicted octanol–water partition coefficient (Wildman–Crippen LogP) is 5.46. The summed E-state index contributed by atoms with van der Waals surface area (Å²) in [5.74, 6) is 0.820. The monoisotopic (exact) mass is 335 g/mol. The predicted molar refractivity (Wildman–Crippen MR) is 82.7 cm³/mol. The van der Waals surface area contributed by atoms with Gasteiger partial charge in [0.1, 0.15) is 5.76 Å². The number of fused-ring (bicyclic) bond motifs is 1. The molecule has 3 aromatic rings. The van der Waals surface area contributed by atoms with E-state index in [1.807, 2.05) is 12.1 Å². The Labute approximate surface area is 124 Å². The van der Waals surface area contributed by atoms with Crippen molar-refractivity contribution in [3.8, 4) is 0 Å². The molecule has 0 radical (unpaired) electrons. The number of furan rings is 1. The fourth-order valence-corrected chi connectivity index (χ4v) is 2.50. The highest BCUT2D eigenvalue weighted by molar-refractivity contribution is 9.10. The van der Waals surface area contributed by atoms with Crippen molar-refractivity contribution in [3.05, 3.63) is 64.0 Å². The lowest BCUT2D eigenvalue weighted by molar-refractivity contribution is 0.520. The minimum Gasteiger partial charge on any atom is -0.448 e. The first-order valence-electron chi connectivity index (χ1n) is 5.88. The van der Waals surface area contributed by atoms with Crippen molar-refractivity contribution in [1.29, 1.82) is 0 Å². The van der Waals surface area contributed by atoms with Crippen molar-refractivity contribution in [2.45, 2.75) is 6.54 Å². The van der Waals surface area contributed by atoms with Crippen LogP contribution in [0.15, 0.2) is 57.4 Å². The SMILES string of the molecule is Clc1ccc(CNc2ccc3cc(Br)ccc3c2)o1. The van der Waals surface area contributed by atoms with E-state index in [4.69, 9.17) is 16.0 Å². The molecule has 96 valence electrons. The molecule has 1 aromatic heterocycles. The third-order valence-electron chi connectivity index (χ3n) is 2.90. The molecule has 0 saturated carbocycles. The van der Waals surface area contributed by atoms with Crippen LogP contribution in [0, 0.1) is 0 Å². The molecule has 1 heterocycles. The minimum absolute atomic E-state index is 0.417. The standard InChI is InChI=1S/C15H11BrClNO/c16-12-3-1-11-8-13(4-2-10(11)7-12)18-9-14-5-6-15(17)19-14/h1-8,18H,9H2. The Kier molecular flexibility index (Phi) is 3.49. The van der Waals surface area contributed by atoms with Crippen LogP contribution in [0.2, 0.25) is 5.22 Å². The third-order valence-corrected chi connectivity index (χ3v) is 3.59. The Balaban J connectivity index is 1.79. The van der Waals surface area contributed by atoms with Crippen molar-refractivity contribution >= 4 is 44.0 Å². The van der Waals surface area contributed by atoms with Gasteiger partial charge in [-0.25, -0.2) is 0 Å². The molecule has 0 spiro atoms. The molecule has 0 aliphatic heterocycles. The van der Waals surface area contributed by atoms with Gasteiger partial charge >= 0.3 is 0 Å². The van der Waals surface area contributed by atoms with E-state index in [2.05, 4.69) is 51.6 Å². The highest BCUT2D eigenvalue weighted by Crippen LogP contribution is 2.23. The van der Waals surface area contributed by atoms with E-state index in [1.165, 1.54) is 10.8 Å². The Morgan fingerprint density at radius 2 is 1.79 bits per heavy atom. The molecule has 0 atom stereocenters. The van der Waals surface area contributed by atoms with Crippen LogP contribution in [0.4, 0.5) is 5.69 Å². The van der Waals surface area contributed by atoms with Gasteiger partial charge in [0.25, 0.3) is 0 Å². The summed E-state index contributed by atoms with van der Waals surface area (Å²) in [6.07, 6.45) is 0. The maximum Gasteiger partial charge on any atom is 0.193 e. The van der Waals surface area contributed by atoms with Gasteiger partial charge < -0.3 is 9.73 Å². The number of anilines is 1. The lowest BCUT2D eigenvalue weighted by Gasteiger charge is -2.06. The van der Waals surface area contributed by atoms with Gasteiger partial charge in [-0.1, -0.05) is 28.1 Å². The second kappa shape index (κ2) is 5.27. The number of nitrogens with one attached hydrogen (secondary N) is 1. The number of hydrogen-bond acceptors (Lipinski definition) is 2. The summed E-state index contributed by atoms with van der Waals surface area (Å²) in [5, 5.41) is 6.14. The zero-order valence-electron chi connectivity index (χ0n) is 9.99. The maximum absolute atomic E-state index is 5.74. The lowest BCUT2D eigenvalue weighted by Crippen LogP contribution is -1.97. The van der Waals surface area contributed by atoms with Gasteiger partial charge in [-0.15, -0.1) is 0 Å². The summed E-state index contributed by atoms with van der Waals surface area (Å²) in [6, 6.07) is 16.1. The first kappa shape index (κ1) is 12.6. The van der Waals surface area contributed by atoms with Crippen LogP contribution in [0.3, 0.4) is 0 Å². The van der Waals surface area contributed by atoms with Gasteiger partial charge in [0.15, 0.2) is 5.22 Å². The van der Waals surface area contributed by atoms with Crippen molar-refractivity contribution < 1.29 is 4.42 Å². The number of rotatable bonds is 3. The maximum atomic E-state index is 5.74. The van der Waals surface area contributed by atoms with Crippen LogP contribution in [0.25, 0.3) is 10.8 Å². The number of hydrogen-bond donors (Lipinski definition) is 1. The van der Waals surface area contributed by atoms with Gasteiger partial charge in [0.05, 0.1) is 6.54 Å². The molecule has 0 aliphatic rings. The quantitative estimate of drug-likeness (QED) is 0.687. The third kappa shape index (κ3) is 2.94. The van der Waals surface area contributed by atoms with E-state index in [0.29, 0.717) is 11.8 Å². The molecule has 0 aliphatic carbocycles. The highest BCUT2D eigenvalue weighted by Gasteiger charge is 2.01. The van der Waals surface area contributed by atoms with Crippen LogP contribution in [-0.2, 0) is 6.54 Å². The van der Waals surface area contributed by atoms with E-state index in [9.17, 15) is 0 Å². The van der Waals surface area contributed by atoms with E-state index in [1.54, 1.807) is 6.07 Å². The molecule has 3 rings (SSSR count). The summed E-state index contributed by atoms with van der Waals surface area (Å²) in [4.78, 5) is 0. The average Bonchev–Trinajstić information content (AvgIpc) is 2.82. The van der Waals surface area contributed by atoms with E-state index >= 15 is 0 Å². The summed E-state index contributed by atoms with van der Waals surface area (Å²) in [5.41, 5.74) is 1.06. The van der Waals surface area contributed by atoms with Crippen LogP contribution in [0.1, 0.15) is 5.76 Å². The number of benzene rings is 2. The highest BCUT2D eigenvalue weighted by atomic mass is 79.9. The molecule has 2 aromatic carbocycles. The normalized spacial score (nSPS) is 10.8. The van der Waals surface area contributed by atoms with E-state index in [-0.39, 0.29) is 0 Å². The van der Waals surface area contributed by atoms with Crippen molar-refractivity contribution in [3.63, 3.8) is 0 Å². The van der Waals surface area contributed by atoms with Crippen LogP contribution < -0.4 is 5.32 Å². The summed E-state index contributed by atoms with van der Waals surface area (Å²) in [6.45, 7) is 0.620. The van der Waals surface area contributed by atoms with E-state index in [0.717, 1.165) is 15.9 Å². The largest absolute Gasteiger partial charge is 0.448 e. The first-order chi connectivity index (χ1) is 9.20. The van der Waals surface area contributed by atoms with Crippen LogP contribution in [-0.4, -0.2) is 0 Å². The molecule has 19 heavy (non-hydrogen) atoms. The van der Waals surface area contributed by atoms with Gasteiger partial charge in [-0.2, -0.15) is 0 Å². The van der Waals surface area contributed by atoms with Crippen molar-refractivity contribution in [2.75, 3.05) is 5.32 Å². The lowest BCUT2D eigenvalue weighted by atomic mass is 10.1. The summed E-state index contributed by atoms with van der Waals surface area (Å²) in [7, 11) is 0. The molecule has 0 amide bonds. The molecule has 0 bridgehead atoms. The van der Waals surface area contributed by atoms with E-state index < -0.39 is 0 Å². The van der Waals surface area contributed by atoms with Gasteiger partial charge in [0, 0.05) is 10.2 Å². The molecular weight excluding hydrogens is 326 g/mol. The molecule has 1 N–H and O–H groups in total. The Bertz CT molecular complexity index is 723. The smallest absolute Gasteiger partial charge is 0.193 e. The number of halogens is 2. The van der Waals surface area contributed by atoms with Crippen molar-refractivity contribution in [2.24, 2.45) is 0 Å². The minimum atomic E-state index is 0.417. The van der Waals surface area contributed by atoms with Gasteiger partial charge in [-0.05, 0) is 58.8 Å². The molecule has 4 heteroatoms. The summed E-state index contributed by atoms with van der Waals surface area (Å²) < 4.78 is 6.39. The van der Waals surface area contributed by atoms with Crippen LogP contribution in [0.5, 0.6) is 0 Å². The van der Waals surface area contributed by atoms with Crippen molar-refractivity contribution in [1.82, 2.24) is 0 Å². The first-order valence-corrected chi connectivity index (χ1v) is 7.05. The Morgan fingerprint density at radius 3 is 2.58 bits per heavy atom. The second-order valence-electron chi connectivity index (χ2n) is 4.27. The topological polar surface area (TPSA) is 25.2 Å². The van der Waals surface area contributed by atoms with Gasteiger partial charge in [0.2, 0.25) is 0 Å². The zero-order chi connectivity index (χ0) is 13.2.